The molecule has 0 bridgehead atoms. The molecular weight excluding hydrogens is 292 g/mol. The molecule has 0 spiro atoms. The Morgan fingerprint density at radius 2 is 1.86 bits per heavy atom. The standard InChI is InChI=1S/C16H19F2NOS/c1-4-19-15(14-9-10(2)21-11(14)3)12-5-7-13(8-6-12)20-16(17)18/h5-9,15-16,19H,4H2,1-3H3. The molecule has 1 N–H and O–H groups in total. The van der Waals surface area contributed by atoms with Crippen LogP contribution in [0.3, 0.4) is 0 Å². The van der Waals surface area contributed by atoms with Crippen LogP contribution in [0.5, 0.6) is 5.75 Å². The number of rotatable bonds is 6. The smallest absolute Gasteiger partial charge is 0.387 e. The first-order valence-electron chi connectivity index (χ1n) is 6.86. The van der Waals surface area contributed by atoms with E-state index >= 15 is 0 Å². The van der Waals surface area contributed by atoms with Crippen molar-refractivity contribution in [2.24, 2.45) is 0 Å². The molecule has 1 aromatic heterocycles. The van der Waals surface area contributed by atoms with Gasteiger partial charge in [-0.15, -0.1) is 11.3 Å². The Kier molecular flexibility index (Phi) is 5.31. The number of hydrogen-bond acceptors (Lipinski definition) is 3. The predicted octanol–water partition coefficient (Wildman–Crippen LogP) is 4.67. The minimum Gasteiger partial charge on any atom is -0.435 e. The van der Waals surface area contributed by atoms with Crippen LogP contribution in [0.25, 0.3) is 0 Å². The van der Waals surface area contributed by atoms with Gasteiger partial charge in [-0.25, -0.2) is 0 Å². The highest BCUT2D eigenvalue weighted by molar-refractivity contribution is 7.12. The lowest BCUT2D eigenvalue weighted by molar-refractivity contribution is -0.0498. The summed E-state index contributed by atoms with van der Waals surface area (Å²) in [7, 11) is 0. The first-order valence-corrected chi connectivity index (χ1v) is 7.68. The molecule has 0 aliphatic rings. The second-order valence-electron chi connectivity index (χ2n) is 4.81. The molecule has 0 fully saturated rings. The molecule has 1 aromatic carbocycles. The number of halogens is 2. The maximum atomic E-state index is 12.2. The van der Waals surface area contributed by atoms with E-state index < -0.39 is 6.61 Å². The Balaban J connectivity index is 2.28. The topological polar surface area (TPSA) is 21.3 Å². The molecule has 2 aromatic rings. The molecule has 0 aliphatic heterocycles. The van der Waals surface area contributed by atoms with Gasteiger partial charge in [-0.2, -0.15) is 8.78 Å². The van der Waals surface area contributed by atoms with Gasteiger partial charge in [-0.3, -0.25) is 0 Å². The number of alkyl halides is 2. The number of aryl methyl sites for hydroxylation is 2. The summed E-state index contributed by atoms with van der Waals surface area (Å²) in [6.07, 6.45) is 0. The van der Waals surface area contributed by atoms with Crippen LogP contribution < -0.4 is 10.1 Å². The van der Waals surface area contributed by atoms with Crippen LogP contribution in [0.4, 0.5) is 8.78 Å². The molecule has 1 heterocycles. The van der Waals surface area contributed by atoms with Crippen molar-refractivity contribution < 1.29 is 13.5 Å². The number of ether oxygens (including phenoxy) is 1. The van der Waals surface area contributed by atoms with Crippen molar-refractivity contribution in [3.05, 3.63) is 51.2 Å². The largest absolute Gasteiger partial charge is 0.435 e. The van der Waals surface area contributed by atoms with Gasteiger partial charge in [0.15, 0.2) is 0 Å². The second kappa shape index (κ2) is 7.00. The van der Waals surface area contributed by atoms with Gasteiger partial charge >= 0.3 is 6.61 Å². The van der Waals surface area contributed by atoms with Crippen molar-refractivity contribution >= 4 is 11.3 Å². The van der Waals surface area contributed by atoms with Gasteiger partial charge in [0.1, 0.15) is 5.75 Å². The van der Waals surface area contributed by atoms with Crippen molar-refractivity contribution in [2.45, 2.75) is 33.4 Å². The Morgan fingerprint density at radius 1 is 1.19 bits per heavy atom. The molecule has 5 heteroatoms. The van der Waals surface area contributed by atoms with Crippen molar-refractivity contribution in [3.63, 3.8) is 0 Å². The lowest BCUT2D eigenvalue weighted by Gasteiger charge is -2.19. The highest BCUT2D eigenvalue weighted by Crippen LogP contribution is 2.31. The average Bonchev–Trinajstić information content (AvgIpc) is 2.75. The third-order valence-corrected chi connectivity index (χ3v) is 4.22. The highest BCUT2D eigenvalue weighted by Gasteiger charge is 2.17. The van der Waals surface area contributed by atoms with Crippen LogP contribution in [0.1, 0.15) is 33.8 Å². The first-order chi connectivity index (χ1) is 10.0. The number of thiophene rings is 1. The summed E-state index contributed by atoms with van der Waals surface area (Å²) in [5.41, 5.74) is 2.28. The van der Waals surface area contributed by atoms with Gasteiger partial charge in [-0.05, 0) is 49.7 Å². The van der Waals surface area contributed by atoms with Crippen molar-refractivity contribution in [2.75, 3.05) is 6.54 Å². The molecule has 0 radical (unpaired) electrons. The molecule has 1 atom stereocenters. The van der Waals surface area contributed by atoms with E-state index in [1.807, 2.05) is 12.1 Å². The normalized spacial score (nSPS) is 12.7. The van der Waals surface area contributed by atoms with Crippen molar-refractivity contribution in [3.8, 4) is 5.75 Å². The minimum absolute atomic E-state index is 0.0700. The lowest BCUT2D eigenvalue weighted by atomic mass is 9.99. The van der Waals surface area contributed by atoms with Crippen LogP contribution in [-0.2, 0) is 0 Å². The Labute approximate surface area is 127 Å². The maximum absolute atomic E-state index is 12.2. The summed E-state index contributed by atoms with van der Waals surface area (Å²) in [5, 5.41) is 3.45. The molecule has 1 unspecified atom stereocenters. The maximum Gasteiger partial charge on any atom is 0.387 e. The second-order valence-corrected chi connectivity index (χ2v) is 6.27. The zero-order valence-electron chi connectivity index (χ0n) is 12.3. The zero-order chi connectivity index (χ0) is 15.4. The van der Waals surface area contributed by atoms with Gasteiger partial charge < -0.3 is 10.1 Å². The van der Waals surface area contributed by atoms with E-state index in [4.69, 9.17) is 0 Å². The summed E-state index contributed by atoms with van der Waals surface area (Å²) < 4.78 is 28.8. The Hall–Kier alpha value is -1.46. The van der Waals surface area contributed by atoms with E-state index in [9.17, 15) is 8.78 Å². The van der Waals surface area contributed by atoms with Crippen molar-refractivity contribution in [1.29, 1.82) is 0 Å². The zero-order valence-corrected chi connectivity index (χ0v) is 13.1. The molecule has 21 heavy (non-hydrogen) atoms. The van der Waals surface area contributed by atoms with Crippen LogP contribution in [0.2, 0.25) is 0 Å². The van der Waals surface area contributed by atoms with Gasteiger partial charge in [0.25, 0.3) is 0 Å². The predicted molar refractivity (Wildman–Crippen MR) is 82.4 cm³/mol. The molecule has 2 nitrogen and oxygen atoms in total. The number of hydrogen-bond donors (Lipinski definition) is 1. The van der Waals surface area contributed by atoms with Gasteiger partial charge in [-0.1, -0.05) is 19.1 Å². The van der Waals surface area contributed by atoms with E-state index in [0.717, 1.165) is 12.1 Å². The number of nitrogens with one attached hydrogen (secondary N) is 1. The van der Waals surface area contributed by atoms with E-state index in [1.54, 1.807) is 23.5 Å². The van der Waals surface area contributed by atoms with Crippen LogP contribution in [0.15, 0.2) is 30.3 Å². The fourth-order valence-electron chi connectivity index (χ4n) is 2.39. The molecule has 114 valence electrons. The minimum atomic E-state index is -2.79. The fraction of sp³-hybridized carbons (Fsp3) is 0.375. The first kappa shape index (κ1) is 15.9. The molecule has 0 aliphatic carbocycles. The molecular formula is C16H19F2NOS. The summed E-state index contributed by atoms with van der Waals surface area (Å²) in [4.78, 5) is 2.54. The summed E-state index contributed by atoms with van der Waals surface area (Å²) >= 11 is 1.77. The summed E-state index contributed by atoms with van der Waals surface area (Å²) in [6, 6.07) is 9.08. The van der Waals surface area contributed by atoms with Gasteiger partial charge in [0.05, 0.1) is 6.04 Å². The third-order valence-electron chi connectivity index (χ3n) is 3.24. The van der Waals surface area contributed by atoms with E-state index in [1.165, 1.54) is 15.3 Å². The SMILES string of the molecule is CCNC(c1ccc(OC(F)F)cc1)c1cc(C)sc1C. The fourth-order valence-corrected chi connectivity index (χ4v) is 3.35. The van der Waals surface area contributed by atoms with E-state index in [0.29, 0.717) is 0 Å². The summed E-state index contributed by atoms with van der Waals surface area (Å²) in [6.45, 7) is 4.28. The van der Waals surface area contributed by atoms with Crippen LogP contribution in [-0.4, -0.2) is 13.2 Å². The molecule has 0 amide bonds. The lowest BCUT2D eigenvalue weighted by Crippen LogP contribution is -2.22. The van der Waals surface area contributed by atoms with E-state index in [2.05, 4.69) is 36.9 Å². The Bertz CT molecular complexity index is 580. The quantitative estimate of drug-likeness (QED) is 0.837. The van der Waals surface area contributed by atoms with Gasteiger partial charge in [0.2, 0.25) is 0 Å². The average molecular weight is 311 g/mol. The molecule has 0 saturated heterocycles. The molecule has 0 saturated carbocycles. The molecule has 2 rings (SSSR count). The van der Waals surface area contributed by atoms with Crippen LogP contribution >= 0.6 is 11.3 Å². The van der Waals surface area contributed by atoms with Crippen LogP contribution in [0, 0.1) is 13.8 Å². The number of benzene rings is 1. The van der Waals surface area contributed by atoms with Gasteiger partial charge in [0, 0.05) is 9.75 Å². The van der Waals surface area contributed by atoms with Crippen molar-refractivity contribution in [1.82, 2.24) is 5.32 Å². The van der Waals surface area contributed by atoms with E-state index in [-0.39, 0.29) is 11.8 Å². The third kappa shape index (κ3) is 4.02. The summed E-state index contributed by atoms with van der Waals surface area (Å²) in [5.74, 6) is 0.183. The highest BCUT2D eigenvalue weighted by atomic mass is 32.1. The Morgan fingerprint density at radius 3 is 2.33 bits per heavy atom. The monoisotopic (exact) mass is 311 g/mol.